The Hall–Kier alpha value is -2.01. The highest BCUT2D eigenvalue weighted by molar-refractivity contribution is 7.86. The third-order valence-electron chi connectivity index (χ3n) is 5.97. The van der Waals surface area contributed by atoms with Gasteiger partial charge in [-0.2, -0.15) is 26.3 Å². The average Bonchev–Trinajstić information content (AvgIpc) is 3.16. The van der Waals surface area contributed by atoms with Gasteiger partial charge in [-0.25, -0.2) is 4.39 Å². The average molecular weight is 466 g/mol. The summed E-state index contributed by atoms with van der Waals surface area (Å²) in [5, 5.41) is 3.23. The Balaban J connectivity index is 1.87. The lowest BCUT2D eigenvalue weighted by Crippen LogP contribution is -2.52. The summed E-state index contributed by atoms with van der Waals surface area (Å²) in [6.07, 6.45) is -11.8. The van der Waals surface area contributed by atoms with Crippen LogP contribution in [0, 0.1) is 0 Å². The summed E-state index contributed by atoms with van der Waals surface area (Å²) in [5.41, 5.74) is -7.13. The van der Waals surface area contributed by atoms with E-state index in [0.717, 1.165) is 6.07 Å². The SMILES string of the molecule is O=S(c1ccccc1)C12CCNC1CCc1nc(C(F)(C(F)(F)F)C(F)(F)F)ccc12. The summed E-state index contributed by atoms with van der Waals surface area (Å²) < 4.78 is 106. The van der Waals surface area contributed by atoms with E-state index in [9.17, 15) is 34.9 Å². The van der Waals surface area contributed by atoms with Crippen LogP contribution in [-0.2, 0) is 27.6 Å². The highest BCUT2D eigenvalue weighted by Crippen LogP contribution is 2.54. The molecule has 0 amide bonds. The number of nitrogens with zero attached hydrogens (tertiary/aromatic N) is 1. The fraction of sp³-hybridized carbons (Fsp3) is 0.450. The molecule has 0 saturated carbocycles. The van der Waals surface area contributed by atoms with Gasteiger partial charge in [-0.1, -0.05) is 24.3 Å². The van der Waals surface area contributed by atoms with Crippen molar-refractivity contribution in [2.45, 2.75) is 53.0 Å². The number of hydrogen-bond donors (Lipinski definition) is 1. The van der Waals surface area contributed by atoms with E-state index in [-0.39, 0.29) is 18.2 Å². The minimum Gasteiger partial charge on any atom is -0.312 e. The lowest BCUT2D eigenvalue weighted by atomic mass is 9.80. The zero-order valence-corrected chi connectivity index (χ0v) is 16.7. The Bertz CT molecular complexity index is 995. The number of benzene rings is 1. The van der Waals surface area contributed by atoms with Gasteiger partial charge >= 0.3 is 18.0 Å². The predicted octanol–water partition coefficient (Wildman–Crippen LogP) is 4.68. The van der Waals surface area contributed by atoms with Crippen molar-refractivity contribution in [3.05, 3.63) is 59.4 Å². The van der Waals surface area contributed by atoms with Crippen molar-refractivity contribution < 1.29 is 34.9 Å². The van der Waals surface area contributed by atoms with Gasteiger partial charge in [0, 0.05) is 16.6 Å². The van der Waals surface area contributed by atoms with Crippen LogP contribution in [0.3, 0.4) is 0 Å². The van der Waals surface area contributed by atoms with Crippen LogP contribution in [-0.4, -0.2) is 34.1 Å². The predicted molar refractivity (Wildman–Crippen MR) is 98.4 cm³/mol. The van der Waals surface area contributed by atoms with Gasteiger partial charge in [-0.05, 0) is 49.6 Å². The number of nitrogens with one attached hydrogen (secondary N) is 1. The van der Waals surface area contributed by atoms with E-state index in [1.807, 2.05) is 0 Å². The zero-order valence-electron chi connectivity index (χ0n) is 15.9. The maximum atomic E-state index is 14.5. The summed E-state index contributed by atoms with van der Waals surface area (Å²) in [5.74, 6) is 0. The molecule has 3 atom stereocenters. The van der Waals surface area contributed by atoms with Crippen LogP contribution in [0.4, 0.5) is 30.7 Å². The molecule has 168 valence electrons. The fourth-order valence-electron chi connectivity index (χ4n) is 4.51. The number of pyridine rings is 1. The summed E-state index contributed by atoms with van der Waals surface area (Å²) in [7, 11) is -1.66. The fourth-order valence-corrected chi connectivity index (χ4v) is 6.46. The van der Waals surface area contributed by atoms with Crippen LogP contribution >= 0.6 is 0 Å². The van der Waals surface area contributed by atoms with E-state index >= 15 is 0 Å². The first-order valence-corrected chi connectivity index (χ1v) is 10.6. The topological polar surface area (TPSA) is 42.0 Å². The van der Waals surface area contributed by atoms with E-state index in [1.165, 1.54) is 0 Å². The molecule has 2 aromatic rings. The van der Waals surface area contributed by atoms with Crippen molar-refractivity contribution in [3.63, 3.8) is 0 Å². The van der Waals surface area contributed by atoms with Crippen molar-refractivity contribution >= 4 is 10.8 Å². The Morgan fingerprint density at radius 3 is 2.23 bits per heavy atom. The lowest BCUT2D eigenvalue weighted by Gasteiger charge is -2.40. The standard InChI is InChI=1S/C20H17F7N2OS/c21-18(19(22,23)24,20(25,26)27)16-8-6-13-14(29-16)7-9-15-17(13,10-11-28-15)31(30)12-4-2-1-3-5-12/h1-6,8,15,28H,7,9-11H2. The van der Waals surface area contributed by atoms with E-state index in [0.29, 0.717) is 35.9 Å². The molecule has 3 unspecified atom stereocenters. The third kappa shape index (κ3) is 3.19. The van der Waals surface area contributed by atoms with Crippen LogP contribution in [0.25, 0.3) is 0 Å². The van der Waals surface area contributed by atoms with Crippen molar-refractivity contribution in [2.75, 3.05) is 6.54 Å². The normalized spacial score (nSPS) is 25.1. The van der Waals surface area contributed by atoms with Crippen molar-refractivity contribution in [1.29, 1.82) is 0 Å². The van der Waals surface area contributed by atoms with Gasteiger partial charge < -0.3 is 5.32 Å². The molecular weight excluding hydrogens is 449 g/mol. The minimum atomic E-state index is -6.23. The molecule has 1 aromatic heterocycles. The zero-order chi connectivity index (χ0) is 22.7. The van der Waals surface area contributed by atoms with Gasteiger partial charge in [0.15, 0.2) is 0 Å². The van der Waals surface area contributed by atoms with E-state index in [4.69, 9.17) is 0 Å². The number of rotatable bonds is 3. The van der Waals surface area contributed by atoms with Gasteiger partial charge in [0.05, 0.1) is 21.2 Å². The van der Waals surface area contributed by atoms with Gasteiger partial charge in [0.2, 0.25) is 0 Å². The monoisotopic (exact) mass is 466 g/mol. The number of hydrogen-bond acceptors (Lipinski definition) is 3. The number of alkyl halides is 7. The van der Waals surface area contributed by atoms with Crippen LogP contribution in [0.15, 0.2) is 47.4 Å². The second-order valence-electron chi connectivity index (χ2n) is 7.61. The Kier molecular flexibility index (Phi) is 5.20. The van der Waals surface area contributed by atoms with E-state index in [1.54, 1.807) is 30.3 Å². The van der Waals surface area contributed by atoms with Crippen LogP contribution in [0.1, 0.15) is 29.8 Å². The Labute approximate surface area is 175 Å². The van der Waals surface area contributed by atoms with Crippen molar-refractivity contribution in [2.24, 2.45) is 0 Å². The molecule has 1 N–H and O–H groups in total. The van der Waals surface area contributed by atoms with E-state index < -0.39 is 39.3 Å². The second kappa shape index (κ2) is 7.26. The lowest BCUT2D eigenvalue weighted by molar-refractivity contribution is -0.350. The number of fused-ring (bicyclic) bond motifs is 3. The molecule has 2 aliphatic rings. The van der Waals surface area contributed by atoms with Crippen LogP contribution in [0.2, 0.25) is 0 Å². The maximum absolute atomic E-state index is 14.5. The van der Waals surface area contributed by atoms with Gasteiger partial charge in [0.1, 0.15) is 0 Å². The molecule has 1 aliphatic carbocycles. The summed E-state index contributed by atoms with van der Waals surface area (Å²) >= 11 is 0. The largest absolute Gasteiger partial charge is 0.437 e. The molecule has 2 heterocycles. The molecule has 4 rings (SSSR count). The third-order valence-corrected chi connectivity index (χ3v) is 8.04. The summed E-state index contributed by atoms with van der Waals surface area (Å²) in [6.45, 7) is 0.475. The van der Waals surface area contributed by atoms with Gasteiger partial charge in [0.25, 0.3) is 0 Å². The van der Waals surface area contributed by atoms with Gasteiger partial charge in [-0.3, -0.25) is 9.19 Å². The smallest absolute Gasteiger partial charge is 0.312 e. The molecule has 0 spiro atoms. The molecule has 1 fully saturated rings. The van der Waals surface area contributed by atoms with E-state index in [2.05, 4.69) is 10.3 Å². The van der Waals surface area contributed by atoms with Crippen LogP contribution in [0.5, 0.6) is 0 Å². The molecular formula is C20H17F7N2OS. The molecule has 0 radical (unpaired) electrons. The highest BCUT2D eigenvalue weighted by Gasteiger charge is 2.74. The minimum absolute atomic E-state index is 0.0420. The Morgan fingerprint density at radius 2 is 1.61 bits per heavy atom. The van der Waals surface area contributed by atoms with Crippen LogP contribution < -0.4 is 5.32 Å². The molecule has 31 heavy (non-hydrogen) atoms. The maximum Gasteiger partial charge on any atom is 0.437 e. The first-order valence-electron chi connectivity index (χ1n) is 9.46. The summed E-state index contributed by atoms with van der Waals surface area (Å²) in [4.78, 5) is 4.01. The molecule has 11 heteroatoms. The Morgan fingerprint density at radius 1 is 0.968 bits per heavy atom. The highest BCUT2D eigenvalue weighted by atomic mass is 32.2. The van der Waals surface area contributed by atoms with Crippen molar-refractivity contribution in [1.82, 2.24) is 10.3 Å². The second-order valence-corrected chi connectivity index (χ2v) is 9.35. The molecule has 0 bridgehead atoms. The van der Waals surface area contributed by atoms with Crippen molar-refractivity contribution in [3.8, 4) is 0 Å². The number of aryl methyl sites for hydroxylation is 1. The summed E-state index contributed by atoms with van der Waals surface area (Å²) in [6, 6.07) is 9.57. The molecule has 3 nitrogen and oxygen atoms in total. The number of halogens is 7. The first-order chi connectivity index (χ1) is 14.4. The number of aromatic nitrogens is 1. The molecule has 1 aromatic carbocycles. The quantitative estimate of drug-likeness (QED) is 0.668. The molecule has 1 aliphatic heterocycles. The first kappa shape index (κ1) is 22.2. The van der Waals surface area contributed by atoms with Gasteiger partial charge in [-0.15, -0.1) is 0 Å². The molecule has 1 saturated heterocycles.